The maximum atomic E-state index is 12.0. The number of unbranched alkanes of at least 4 members (excludes halogenated alkanes) is 1. The third kappa shape index (κ3) is 4.93. The average Bonchev–Trinajstić information content (AvgIpc) is 3.10. The number of primary amides is 1. The summed E-state index contributed by atoms with van der Waals surface area (Å²) < 4.78 is 2.25. The van der Waals surface area contributed by atoms with Crippen LogP contribution < -0.4 is 10.6 Å². The van der Waals surface area contributed by atoms with Crippen molar-refractivity contribution < 1.29 is 4.79 Å². The molecule has 0 saturated heterocycles. The van der Waals surface area contributed by atoms with E-state index in [1.54, 1.807) is 0 Å². The highest BCUT2D eigenvalue weighted by Crippen LogP contribution is 2.28. The molecule has 2 N–H and O–H groups in total. The Morgan fingerprint density at radius 1 is 0.967 bits per heavy atom. The Morgan fingerprint density at radius 2 is 1.63 bits per heavy atom. The minimum absolute atomic E-state index is 0.364. The van der Waals surface area contributed by atoms with Crippen LogP contribution in [0.25, 0.3) is 11.3 Å². The lowest BCUT2D eigenvalue weighted by Crippen LogP contribution is -2.21. The number of aryl methyl sites for hydroxylation is 1. The third-order valence-electron chi connectivity index (χ3n) is 5.86. The fourth-order valence-electron chi connectivity index (χ4n) is 4.10. The molecule has 0 spiro atoms. The Morgan fingerprint density at radius 3 is 2.23 bits per heavy atom. The Labute approximate surface area is 180 Å². The van der Waals surface area contributed by atoms with E-state index < -0.39 is 0 Å². The van der Waals surface area contributed by atoms with Crippen molar-refractivity contribution in [3.63, 3.8) is 0 Å². The number of aromatic nitrogens is 1. The van der Waals surface area contributed by atoms with Crippen molar-refractivity contribution in [1.82, 2.24) is 4.57 Å². The van der Waals surface area contributed by atoms with Crippen molar-refractivity contribution in [2.24, 2.45) is 5.73 Å². The maximum Gasteiger partial charge on any atom is 0.250 e. The summed E-state index contributed by atoms with van der Waals surface area (Å²) in [5.41, 5.74) is 12.0. The van der Waals surface area contributed by atoms with Gasteiger partial charge in [-0.05, 0) is 69.4 Å². The summed E-state index contributed by atoms with van der Waals surface area (Å²) in [5.74, 6) is -0.364. The van der Waals surface area contributed by atoms with Crippen LogP contribution in [0.1, 0.15) is 48.3 Å². The summed E-state index contributed by atoms with van der Waals surface area (Å²) >= 11 is 0. The fourth-order valence-corrected chi connectivity index (χ4v) is 4.10. The smallest absolute Gasteiger partial charge is 0.250 e. The molecule has 30 heavy (non-hydrogen) atoms. The number of nitrogens with zero attached hydrogens (tertiary/aromatic N) is 2. The number of rotatable bonds is 10. The van der Waals surface area contributed by atoms with E-state index in [4.69, 9.17) is 5.73 Å². The molecule has 0 bridgehead atoms. The van der Waals surface area contributed by atoms with Gasteiger partial charge in [0.05, 0.1) is 5.56 Å². The molecule has 4 heteroatoms. The molecule has 0 fully saturated rings. The molecule has 0 saturated carbocycles. The van der Waals surface area contributed by atoms with E-state index in [1.165, 1.54) is 11.3 Å². The first kappa shape index (κ1) is 21.7. The largest absolute Gasteiger partial charge is 0.372 e. The van der Waals surface area contributed by atoms with Gasteiger partial charge in [0.25, 0.3) is 5.91 Å². The molecule has 4 nitrogen and oxygen atoms in total. The van der Waals surface area contributed by atoms with E-state index in [2.05, 4.69) is 77.9 Å². The van der Waals surface area contributed by atoms with E-state index >= 15 is 0 Å². The predicted molar refractivity (Wildman–Crippen MR) is 126 cm³/mol. The summed E-state index contributed by atoms with van der Waals surface area (Å²) in [6, 6.07) is 21.1. The van der Waals surface area contributed by atoms with Gasteiger partial charge in [-0.3, -0.25) is 4.79 Å². The van der Waals surface area contributed by atoms with Gasteiger partial charge in [-0.15, -0.1) is 0 Å². The first-order valence-electron chi connectivity index (χ1n) is 10.9. The highest BCUT2D eigenvalue weighted by molar-refractivity contribution is 5.95. The van der Waals surface area contributed by atoms with Gasteiger partial charge in [0.15, 0.2) is 0 Å². The number of hydrogen-bond donors (Lipinski definition) is 1. The third-order valence-corrected chi connectivity index (χ3v) is 5.86. The molecule has 0 aliphatic carbocycles. The molecular formula is C26H33N3O. The van der Waals surface area contributed by atoms with Crippen LogP contribution in [0.5, 0.6) is 0 Å². The second kappa shape index (κ2) is 10.1. The predicted octanol–water partition coefficient (Wildman–Crippen LogP) is 5.43. The Balaban J connectivity index is 1.79. The highest BCUT2D eigenvalue weighted by atomic mass is 16.1. The van der Waals surface area contributed by atoms with Crippen LogP contribution in [-0.2, 0) is 13.0 Å². The van der Waals surface area contributed by atoms with Crippen LogP contribution in [-0.4, -0.2) is 23.6 Å². The van der Waals surface area contributed by atoms with Crippen LogP contribution >= 0.6 is 0 Å². The molecule has 0 atom stereocenters. The lowest BCUT2D eigenvalue weighted by Gasteiger charge is -2.21. The molecule has 0 aliphatic rings. The van der Waals surface area contributed by atoms with E-state index in [1.807, 2.05) is 13.0 Å². The number of hydrogen-bond acceptors (Lipinski definition) is 2. The zero-order chi connectivity index (χ0) is 21.5. The van der Waals surface area contributed by atoms with E-state index in [0.29, 0.717) is 5.56 Å². The van der Waals surface area contributed by atoms with Crippen molar-refractivity contribution in [2.75, 3.05) is 18.0 Å². The molecule has 0 aliphatic heterocycles. The molecule has 1 aromatic heterocycles. The van der Waals surface area contributed by atoms with Crippen LogP contribution in [0.2, 0.25) is 0 Å². The summed E-state index contributed by atoms with van der Waals surface area (Å²) in [4.78, 5) is 14.3. The zero-order valence-electron chi connectivity index (χ0n) is 18.4. The van der Waals surface area contributed by atoms with Crippen LogP contribution in [0.15, 0.2) is 60.7 Å². The van der Waals surface area contributed by atoms with Crippen molar-refractivity contribution >= 4 is 11.6 Å². The van der Waals surface area contributed by atoms with E-state index in [9.17, 15) is 4.79 Å². The lowest BCUT2D eigenvalue weighted by molar-refractivity contribution is 0.0999. The molecule has 1 heterocycles. The number of benzene rings is 2. The summed E-state index contributed by atoms with van der Waals surface area (Å²) in [6.45, 7) is 9.17. The van der Waals surface area contributed by atoms with Gasteiger partial charge in [0.1, 0.15) is 0 Å². The second-order valence-electron chi connectivity index (χ2n) is 7.71. The normalized spacial score (nSPS) is 10.9. The standard InChI is InChI=1S/C26H33N3O/c1-4-28(5-2)23-16-14-22(15-17-23)25-19-24(26(27)30)20(3)29(25)18-10-9-13-21-11-7-6-8-12-21/h6-8,11-12,14-17,19H,4-5,9-10,13,18H2,1-3H3,(H2,27,30). The Kier molecular flexibility index (Phi) is 7.34. The maximum absolute atomic E-state index is 12.0. The Bertz CT molecular complexity index is 954. The zero-order valence-corrected chi connectivity index (χ0v) is 18.4. The number of anilines is 1. The minimum atomic E-state index is -0.364. The first-order valence-corrected chi connectivity index (χ1v) is 10.9. The van der Waals surface area contributed by atoms with Gasteiger partial charge in [-0.2, -0.15) is 0 Å². The molecule has 158 valence electrons. The highest BCUT2D eigenvalue weighted by Gasteiger charge is 2.17. The second-order valence-corrected chi connectivity index (χ2v) is 7.71. The van der Waals surface area contributed by atoms with Gasteiger partial charge >= 0.3 is 0 Å². The summed E-state index contributed by atoms with van der Waals surface area (Å²) in [7, 11) is 0. The number of carbonyl (C=O) groups is 1. The topological polar surface area (TPSA) is 51.3 Å². The monoisotopic (exact) mass is 403 g/mol. The summed E-state index contributed by atoms with van der Waals surface area (Å²) in [5, 5.41) is 0. The van der Waals surface area contributed by atoms with E-state index in [0.717, 1.165) is 55.8 Å². The molecule has 1 amide bonds. The number of carbonyl (C=O) groups excluding carboxylic acids is 1. The Hall–Kier alpha value is -3.01. The molecule has 3 rings (SSSR count). The molecular weight excluding hydrogens is 370 g/mol. The lowest BCUT2D eigenvalue weighted by atomic mass is 10.1. The van der Waals surface area contributed by atoms with Gasteiger partial charge in [0.2, 0.25) is 0 Å². The van der Waals surface area contributed by atoms with Crippen LogP contribution in [0.3, 0.4) is 0 Å². The van der Waals surface area contributed by atoms with Gasteiger partial charge in [0, 0.05) is 36.7 Å². The van der Waals surface area contributed by atoms with Gasteiger partial charge in [-0.1, -0.05) is 42.5 Å². The van der Waals surface area contributed by atoms with Gasteiger partial charge in [-0.25, -0.2) is 0 Å². The van der Waals surface area contributed by atoms with Crippen molar-refractivity contribution in [3.8, 4) is 11.3 Å². The van der Waals surface area contributed by atoms with Gasteiger partial charge < -0.3 is 15.2 Å². The molecule has 3 aromatic rings. The minimum Gasteiger partial charge on any atom is -0.372 e. The van der Waals surface area contributed by atoms with Crippen LogP contribution in [0, 0.1) is 6.92 Å². The quantitative estimate of drug-likeness (QED) is 0.459. The first-order chi connectivity index (χ1) is 14.5. The SMILES string of the molecule is CCN(CC)c1ccc(-c2cc(C(N)=O)c(C)n2CCCCc2ccccc2)cc1. The fraction of sp³-hybridized carbons (Fsp3) is 0.346. The number of amides is 1. The summed E-state index contributed by atoms with van der Waals surface area (Å²) in [6.07, 6.45) is 3.22. The van der Waals surface area contributed by atoms with Crippen molar-refractivity contribution in [1.29, 1.82) is 0 Å². The van der Waals surface area contributed by atoms with Crippen molar-refractivity contribution in [2.45, 2.75) is 46.6 Å². The van der Waals surface area contributed by atoms with E-state index in [-0.39, 0.29) is 5.91 Å². The molecule has 0 unspecified atom stereocenters. The number of nitrogens with two attached hydrogens (primary N) is 1. The molecule has 2 aromatic carbocycles. The van der Waals surface area contributed by atoms with Crippen LogP contribution in [0.4, 0.5) is 5.69 Å². The molecule has 0 radical (unpaired) electrons. The van der Waals surface area contributed by atoms with Crippen molar-refractivity contribution in [3.05, 3.63) is 77.5 Å². The average molecular weight is 404 g/mol.